The summed E-state index contributed by atoms with van der Waals surface area (Å²) in [6.07, 6.45) is 5.04. The third kappa shape index (κ3) is 4.54. The number of hydrogen-bond donors (Lipinski definition) is 1. The normalized spacial score (nSPS) is 13.9. The molecule has 1 aliphatic heterocycles. The van der Waals surface area contributed by atoms with Gasteiger partial charge in [-0.15, -0.1) is 0 Å². The van der Waals surface area contributed by atoms with Gasteiger partial charge in [-0.1, -0.05) is 0 Å². The quantitative estimate of drug-likeness (QED) is 0.410. The summed E-state index contributed by atoms with van der Waals surface area (Å²) in [6, 6.07) is 9.25. The molecular formula is C25H26BFN8. The predicted octanol–water partition coefficient (Wildman–Crippen LogP) is 5.04. The van der Waals surface area contributed by atoms with Crippen LogP contribution in [0.3, 0.4) is 0 Å². The lowest BCUT2D eigenvalue weighted by Crippen LogP contribution is -2.36. The Labute approximate surface area is 203 Å². The molecule has 4 aromatic rings. The van der Waals surface area contributed by atoms with E-state index >= 15 is 0 Å². The molecule has 3 aromatic heterocycles. The summed E-state index contributed by atoms with van der Waals surface area (Å²) in [5, 5.41) is 12.3. The maximum atomic E-state index is 14.9. The minimum absolute atomic E-state index is 0.149. The number of nitrogens with one attached hydrogen (secondary N) is 1. The zero-order valence-corrected chi connectivity index (χ0v) is 20.0. The van der Waals surface area contributed by atoms with Crippen LogP contribution in [0.2, 0.25) is 12.6 Å². The topological polar surface area (TPSA) is 95.6 Å². The second kappa shape index (κ2) is 9.33. The monoisotopic (exact) mass is 468 g/mol. The van der Waals surface area contributed by atoms with Gasteiger partial charge in [0.15, 0.2) is 5.82 Å². The fourth-order valence-electron chi connectivity index (χ4n) is 4.70. The molecule has 5 rings (SSSR count). The lowest BCUT2D eigenvalue weighted by Gasteiger charge is -2.29. The van der Waals surface area contributed by atoms with Crippen LogP contribution >= 0.6 is 0 Å². The summed E-state index contributed by atoms with van der Waals surface area (Å²) in [4.78, 5) is 19.9. The highest BCUT2D eigenvalue weighted by Crippen LogP contribution is 2.30. The van der Waals surface area contributed by atoms with E-state index in [4.69, 9.17) is 5.26 Å². The first kappa shape index (κ1) is 22.8. The molecule has 0 amide bonds. The molecule has 0 spiro atoms. The van der Waals surface area contributed by atoms with Crippen LogP contribution in [0.25, 0.3) is 22.3 Å². The van der Waals surface area contributed by atoms with E-state index in [9.17, 15) is 4.39 Å². The van der Waals surface area contributed by atoms with Gasteiger partial charge in [-0.05, 0) is 57.7 Å². The van der Waals surface area contributed by atoms with Crippen molar-refractivity contribution in [1.82, 2.24) is 24.5 Å². The number of pyridine rings is 1. The smallest absolute Gasteiger partial charge is 0.271 e. The highest BCUT2D eigenvalue weighted by Gasteiger charge is 2.22. The number of aryl methyl sites for hydroxylation is 1. The fraction of sp³-hybridized carbons (Fsp3) is 0.320. The highest BCUT2D eigenvalue weighted by molar-refractivity contribution is 6.67. The Hall–Kier alpha value is -4.00. The molecule has 1 aliphatic rings. The van der Waals surface area contributed by atoms with E-state index < -0.39 is 0 Å². The van der Waals surface area contributed by atoms with Crippen molar-refractivity contribution in [2.24, 2.45) is 0 Å². The van der Waals surface area contributed by atoms with Gasteiger partial charge in [0.05, 0.1) is 23.1 Å². The molecular weight excluding hydrogens is 442 g/mol. The number of anilines is 3. The lowest BCUT2D eigenvalue weighted by atomic mass is 9.45. The number of benzene rings is 1. The van der Waals surface area contributed by atoms with Crippen LogP contribution in [0.5, 0.6) is 0 Å². The van der Waals surface area contributed by atoms with E-state index in [1.807, 2.05) is 35.9 Å². The Balaban J connectivity index is 1.37. The molecule has 176 valence electrons. The maximum Gasteiger partial charge on any atom is 0.271 e. The van der Waals surface area contributed by atoms with Gasteiger partial charge >= 0.3 is 0 Å². The van der Waals surface area contributed by atoms with Crippen molar-refractivity contribution in [1.29, 1.82) is 5.26 Å². The first-order valence-corrected chi connectivity index (χ1v) is 11.8. The van der Waals surface area contributed by atoms with Crippen molar-refractivity contribution in [3.05, 3.63) is 54.5 Å². The van der Waals surface area contributed by atoms with Crippen molar-refractivity contribution in [3.63, 3.8) is 0 Å². The molecule has 0 radical (unpaired) electrons. The van der Waals surface area contributed by atoms with E-state index in [-0.39, 0.29) is 18.6 Å². The van der Waals surface area contributed by atoms with Crippen molar-refractivity contribution in [2.75, 3.05) is 23.3 Å². The Morgan fingerprint density at radius 1 is 1.09 bits per heavy atom. The summed E-state index contributed by atoms with van der Waals surface area (Å²) in [7, 11) is 0. The molecule has 0 aliphatic carbocycles. The van der Waals surface area contributed by atoms with Gasteiger partial charge in [-0.2, -0.15) is 0 Å². The number of hydrogen-bond acceptors (Lipinski definition) is 7. The standard InChI is InChI=1S/C25H26BFN8/c1-16(2)35-17(3)32-25-20(27)10-18(11-22(25)35)21-12-24(31-15-30-21)33-23-5-4-19(13-29-23)34-8-6-26(14-28)7-9-34/h4-5,10-13,15-16H,6-9H2,1-3H3,(H,29,30,31,33). The minimum atomic E-state index is -0.371. The van der Waals surface area contributed by atoms with E-state index in [1.54, 1.807) is 6.07 Å². The molecule has 1 aromatic carbocycles. The van der Waals surface area contributed by atoms with Crippen LogP contribution in [0.1, 0.15) is 25.7 Å². The molecule has 1 N–H and O–H groups in total. The van der Waals surface area contributed by atoms with Crippen LogP contribution in [0.4, 0.5) is 21.7 Å². The van der Waals surface area contributed by atoms with Gasteiger partial charge in [0.25, 0.3) is 6.71 Å². The highest BCUT2D eigenvalue weighted by atomic mass is 19.1. The number of rotatable bonds is 5. The molecule has 1 fully saturated rings. The molecule has 0 saturated carbocycles. The molecule has 0 unspecified atom stereocenters. The van der Waals surface area contributed by atoms with Gasteiger partial charge in [-0.3, -0.25) is 0 Å². The van der Waals surface area contributed by atoms with Crippen molar-refractivity contribution >= 4 is 35.1 Å². The van der Waals surface area contributed by atoms with E-state index in [0.717, 1.165) is 42.8 Å². The lowest BCUT2D eigenvalue weighted by molar-refractivity contribution is 0.600. The fourth-order valence-corrected chi connectivity index (χ4v) is 4.70. The number of imidazole rings is 1. The molecule has 1 saturated heterocycles. The predicted molar refractivity (Wildman–Crippen MR) is 137 cm³/mol. The summed E-state index contributed by atoms with van der Waals surface area (Å²) < 4.78 is 16.9. The summed E-state index contributed by atoms with van der Waals surface area (Å²) in [5.74, 6) is 3.99. The number of fused-ring (bicyclic) bond motifs is 1. The molecule has 0 bridgehead atoms. The summed E-state index contributed by atoms with van der Waals surface area (Å²) in [6.45, 7) is 7.86. The molecule has 0 atom stereocenters. The van der Waals surface area contributed by atoms with Crippen LogP contribution in [-0.2, 0) is 0 Å². The zero-order chi connectivity index (χ0) is 24.5. The number of nitriles is 1. The average molecular weight is 468 g/mol. The van der Waals surface area contributed by atoms with Crippen LogP contribution < -0.4 is 10.2 Å². The summed E-state index contributed by atoms with van der Waals surface area (Å²) in [5.41, 5.74) is 3.42. The number of nitrogens with zero attached hydrogens (tertiary/aromatic N) is 7. The van der Waals surface area contributed by atoms with Crippen LogP contribution in [0.15, 0.2) is 42.9 Å². The first-order valence-electron chi connectivity index (χ1n) is 11.8. The van der Waals surface area contributed by atoms with E-state index in [0.29, 0.717) is 28.4 Å². The van der Waals surface area contributed by atoms with Gasteiger partial charge in [0.1, 0.15) is 29.3 Å². The Morgan fingerprint density at radius 3 is 2.57 bits per heavy atom. The second-order valence-corrected chi connectivity index (χ2v) is 9.15. The average Bonchev–Trinajstić information content (AvgIpc) is 3.21. The van der Waals surface area contributed by atoms with Crippen molar-refractivity contribution < 1.29 is 4.39 Å². The molecule has 8 nitrogen and oxygen atoms in total. The first-order chi connectivity index (χ1) is 16.9. The largest absolute Gasteiger partial charge is 0.372 e. The van der Waals surface area contributed by atoms with Crippen molar-refractivity contribution in [2.45, 2.75) is 39.5 Å². The molecule has 35 heavy (non-hydrogen) atoms. The van der Waals surface area contributed by atoms with Crippen LogP contribution in [0, 0.1) is 24.0 Å². The summed E-state index contributed by atoms with van der Waals surface area (Å²) >= 11 is 0. The second-order valence-electron chi connectivity index (χ2n) is 9.15. The van der Waals surface area contributed by atoms with Gasteiger partial charge in [0, 0.05) is 36.7 Å². The maximum absolute atomic E-state index is 14.9. The number of aromatic nitrogens is 5. The van der Waals surface area contributed by atoms with Crippen molar-refractivity contribution in [3.8, 4) is 17.2 Å². The third-order valence-corrected chi connectivity index (χ3v) is 6.45. The van der Waals surface area contributed by atoms with E-state index in [1.165, 1.54) is 12.4 Å². The van der Waals surface area contributed by atoms with Gasteiger partial charge < -0.3 is 14.8 Å². The van der Waals surface area contributed by atoms with E-state index in [2.05, 4.69) is 50.0 Å². The Bertz CT molecular complexity index is 1400. The molecule has 10 heteroatoms. The Kier molecular flexibility index (Phi) is 6.07. The SMILES string of the molecule is Cc1nc2c(F)cc(-c3cc(Nc4ccc(N5CCB(C#N)CC5)cn4)ncn3)cc2n1C(C)C. The third-order valence-electron chi connectivity index (χ3n) is 6.45. The van der Waals surface area contributed by atoms with Gasteiger partial charge in [0.2, 0.25) is 0 Å². The van der Waals surface area contributed by atoms with Gasteiger partial charge in [-0.25, -0.2) is 29.6 Å². The molecule has 4 heterocycles. The minimum Gasteiger partial charge on any atom is -0.372 e. The Morgan fingerprint density at radius 2 is 1.89 bits per heavy atom. The number of halogens is 1. The zero-order valence-electron chi connectivity index (χ0n) is 20.0. The van der Waals surface area contributed by atoms with Crippen LogP contribution in [-0.4, -0.2) is 44.3 Å².